The fourth-order valence-electron chi connectivity index (χ4n) is 3.74. The first-order valence-corrected chi connectivity index (χ1v) is 9.93. The second kappa shape index (κ2) is 7.66. The van der Waals surface area contributed by atoms with Crippen molar-refractivity contribution in [3.8, 4) is 17.3 Å². The third-order valence-corrected chi connectivity index (χ3v) is 5.30. The van der Waals surface area contributed by atoms with Crippen molar-refractivity contribution < 1.29 is 14.3 Å². The van der Waals surface area contributed by atoms with E-state index >= 15 is 0 Å². The molecule has 9 heteroatoms. The second-order valence-electron chi connectivity index (χ2n) is 7.31. The number of piperazine rings is 1. The number of benzene rings is 1. The predicted octanol–water partition coefficient (Wildman–Crippen LogP) is 1.59. The minimum atomic E-state index is 0.115. The van der Waals surface area contributed by atoms with Crippen molar-refractivity contribution >= 4 is 11.7 Å². The molecule has 0 bridgehead atoms. The van der Waals surface area contributed by atoms with Crippen molar-refractivity contribution in [2.45, 2.75) is 13.3 Å². The Morgan fingerprint density at radius 3 is 2.63 bits per heavy atom. The smallest absolute Gasteiger partial charge is 0.231 e. The van der Waals surface area contributed by atoms with Crippen LogP contribution in [-0.4, -0.2) is 63.5 Å². The third kappa shape index (κ3) is 3.66. The normalized spacial score (nSPS) is 15.5. The van der Waals surface area contributed by atoms with Crippen LogP contribution in [0.4, 0.5) is 5.82 Å². The molecule has 1 fully saturated rings. The van der Waals surface area contributed by atoms with Crippen molar-refractivity contribution in [3.63, 3.8) is 0 Å². The van der Waals surface area contributed by atoms with Crippen LogP contribution in [0.2, 0.25) is 0 Å². The van der Waals surface area contributed by atoms with Gasteiger partial charge in [0.15, 0.2) is 17.3 Å². The first-order valence-electron chi connectivity index (χ1n) is 9.93. The third-order valence-electron chi connectivity index (χ3n) is 5.30. The molecule has 2 aliphatic heterocycles. The molecule has 1 aromatic carbocycles. The van der Waals surface area contributed by atoms with E-state index in [0.717, 1.165) is 36.0 Å². The highest BCUT2D eigenvalue weighted by Crippen LogP contribution is 2.32. The summed E-state index contributed by atoms with van der Waals surface area (Å²) in [7, 11) is 0. The van der Waals surface area contributed by atoms with Gasteiger partial charge in [0, 0.05) is 44.6 Å². The number of carbonyl (C=O) groups excluding carboxylic acids is 1. The van der Waals surface area contributed by atoms with Gasteiger partial charge in [-0.1, -0.05) is 6.07 Å². The Hall–Kier alpha value is -3.62. The maximum absolute atomic E-state index is 12.8. The molecule has 0 N–H and O–H groups in total. The van der Waals surface area contributed by atoms with Gasteiger partial charge in [0.05, 0.1) is 6.42 Å². The molecular formula is C21H22N6O3. The van der Waals surface area contributed by atoms with E-state index in [1.165, 1.54) is 0 Å². The van der Waals surface area contributed by atoms with E-state index < -0.39 is 0 Å². The highest BCUT2D eigenvalue weighted by Gasteiger charge is 2.23. The molecule has 9 nitrogen and oxygen atoms in total. The number of ether oxygens (including phenoxy) is 2. The molecule has 154 valence electrons. The molecule has 1 saturated heterocycles. The number of rotatable bonds is 4. The summed E-state index contributed by atoms with van der Waals surface area (Å²) in [5, 5.41) is 4.25. The maximum Gasteiger partial charge on any atom is 0.231 e. The monoisotopic (exact) mass is 406 g/mol. The Labute approximate surface area is 173 Å². The van der Waals surface area contributed by atoms with Gasteiger partial charge in [-0.15, -0.1) is 0 Å². The summed E-state index contributed by atoms with van der Waals surface area (Å²) in [5.41, 5.74) is 0.932. The SMILES string of the molecule is Cc1nc(N2CCN(C(=O)Cc3ccc4c(c3)OCO4)CC2)cc(-n2cccn2)n1. The van der Waals surface area contributed by atoms with Crippen LogP contribution in [0.3, 0.4) is 0 Å². The van der Waals surface area contributed by atoms with Crippen molar-refractivity contribution in [1.29, 1.82) is 0 Å². The standard InChI is InChI=1S/C21H22N6O3/c1-15-23-19(13-20(24-15)27-6-2-5-22-27)25-7-9-26(10-8-25)21(28)12-16-3-4-17-18(11-16)30-14-29-17/h2-6,11,13H,7-10,12,14H2,1H3. The van der Waals surface area contributed by atoms with Gasteiger partial charge in [-0.3, -0.25) is 4.79 Å². The fourth-order valence-corrected chi connectivity index (χ4v) is 3.74. The van der Waals surface area contributed by atoms with Crippen molar-refractivity contribution in [1.82, 2.24) is 24.6 Å². The number of aromatic nitrogens is 4. The molecule has 0 saturated carbocycles. The molecule has 1 amide bonds. The van der Waals surface area contributed by atoms with Crippen LogP contribution in [0.15, 0.2) is 42.7 Å². The van der Waals surface area contributed by atoms with Gasteiger partial charge in [0.25, 0.3) is 0 Å². The average Bonchev–Trinajstić information content (AvgIpc) is 3.45. The minimum absolute atomic E-state index is 0.115. The summed E-state index contributed by atoms with van der Waals surface area (Å²) in [5.74, 6) is 3.84. The largest absolute Gasteiger partial charge is 0.454 e. The van der Waals surface area contributed by atoms with Gasteiger partial charge in [0.1, 0.15) is 11.6 Å². The lowest BCUT2D eigenvalue weighted by Crippen LogP contribution is -2.49. The molecule has 2 aliphatic rings. The van der Waals surface area contributed by atoms with Gasteiger partial charge in [-0.2, -0.15) is 5.10 Å². The molecule has 30 heavy (non-hydrogen) atoms. The summed E-state index contributed by atoms with van der Waals surface area (Å²) in [4.78, 5) is 25.9. The first kappa shape index (κ1) is 18.4. The molecule has 0 aliphatic carbocycles. The van der Waals surface area contributed by atoms with E-state index in [2.05, 4.69) is 20.0 Å². The molecular weight excluding hydrogens is 384 g/mol. The lowest BCUT2D eigenvalue weighted by molar-refractivity contribution is -0.130. The Bertz CT molecular complexity index is 1060. The van der Waals surface area contributed by atoms with E-state index in [1.54, 1.807) is 10.9 Å². The van der Waals surface area contributed by atoms with Crippen LogP contribution < -0.4 is 14.4 Å². The summed E-state index contributed by atoms with van der Waals surface area (Å²) < 4.78 is 12.5. The molecule has 0 unspecified atom stereocenters. The van der Waals surface area contributed by atoms with Gasteiger partial charge in [-0.05, 0) is 30.7 Å². The fraction of sp³-hybridized carbons (Fsp3) is 0.333. The quantitative estimate of drug-likeness (QED) is 0.650. The summed E-state index contributed by atoms with van der Waals surface area (Å²) >= 11 is 0. The van der Waals surface area contributed by atoms with Crippen LogP contribution >= 0.6 is 0 Å². The number of carbonyl (C=O) groups is 1. The Balaban J connectivity index is 1.23. The molecule has 0 spiro atoms. The summed E-state index contributed by atoms with van der Waals surface area (Å²) in [6.45, 7) is 4.87. The van der Waals surface area contributed by atoms with Gasteiger partial charge in [0.2, 0.25) is 12.7 Å². The number of anilines is 1. The van der Waals surface area contributed by atoms with E-state index in [9.17, 15) is 4.79 Å². The maximum atomic E-state index is 12.8. The van der Waals surface area contributed by atoms with Crippen LogP contribution in [0.5, 0.6) is 11.5 Å². The van der Waals surface area contributed by atoms with E-state index in [4.69, 9.17) is 9.47 Å². The van der Waals surface area contributed by atoms with Crippen LogP contribution in [0.25, 0.3) is 5.82 Å². The zero-order chi connectivity index (χ0) is 20.5. The van der Waals surface area contributed by atoms with Crippen molar-refractivity contribution in [3.05, 3.63) is 54.1 Å². The summed E-state index contributed by atoms with van der Waals surface area (Å²) in [6.07, 6.45) is 3.94. The number of nitrogens with zero attached hydrogens (tertiary/aromatic N) is 6. The predicted molar refractivity (Wildman–Crippen MR) is 109 cm³/mol. The van der Waals surface area contributed by atoms with Gasteiger partial charge >= 0.3 is 0 Å². The zero-order valence-corrected chi connectivity index (χ0v) is 16.7. The molecule has 3 aromatic rings. The Morgan fingerprint density at radius 2 is 1.83 bits per heavy atom. The molecule has 0 atom stereocenters. The number of hydrogen-bond acceptors (Lipinski definition) is 7. The van der Waals surface area contributed by atoms with E-state index in [1.807, 2.05) is 48.4 Å². The second-order valence-corrected chi connectivity index (χ2v) is 7.31. The first-order chi connectivity index (χ1) is 14.7. The van der Waals surface area contributed by atoms with Crippen LogP contribution in [0.1, 0.15) is 11.4 Å². The molecule has 0 radical (unpaired) electrons. The van der Waals surface area contributed by atoms with E-state index in [0.29, 0.717) is 31.1 Å². The van der Waals surface area contributed by atoms with Gasteiger partial charge in [-0.25, -0.2) is 14.6 Å². The molecule has 5 rings (SSSR count). The summed E-state index contributed by atoms with van der Waals surface area (Å²) in [6, 6.07) is 9.46. The molecule has 4 heterocycles. The lowest BCUT2D eigenvalue weighted by Gasteiger charge is -2.35. The van der Waals surface area contributed by atoms with Crippen molar-refractivity contribution in [2.24, 2.45) is 0 Å². The Kier molecular flexibility index (Phi) is 4.70. The van der Waals surface area contributed by atoms with Crippen LogP contribution in [0, 0.1) is 6.92 Å². The topological polar surface area (TPSA) is 85.6 Å². The lowest BCUT2D eigenvalue weighted by atomic mass is 10.1. The number of aryl methyl sites for hydroxylation is 1. The highest BCUT2D eigenvalue weighted by atomic mass is 16.7. The average molecular weight is 406 g/mol. The Morgan fingerprint density at radius 1 is 1.03 bits per heavy atom. The van der Waals surface area contributed by atoms with Crippen molar-refractivity contribution in [2.75, 3.05) is 37.9 Å². The number of fused-ring (bicyclic) bond motifs is 1. The highest BCUT2D eigenvalue weighted by molar-refractivity contribution is 5.79. The molecule has 2 aromatic heterocycles. The minimum Gasteiger partial charge on any atom is -0.454 e. The zero-order valence-electron chi connectivity index (χ0n) is 16.7. The van der Waals surface area contributed by atoms with Gasteiger partial charge < -0.3 is 19.3 Å². The van der Waals surface area contributed by atoms with E-state index in [-0.39, 0.29) is 12.7 Å². The number of amides is 1. The van der Waals surface area contributed by atoms with Crippen LogP contribution in [-0.2, 0) is 11.2 Å². The number of hydrogen-bond donors (Lipinski definition) is 0.